The number of benzene rings is 2. The minimum absolute atomic E-state index is 0.252. The number of rotatable bonds is 4. The molecule has 5 heteroatoms. The van der Waals surface area contributed by atoms with Crippen LogP contribution in [-0.2, 0) is 0 Å². The van der Waals surface area contributed by atoms with Gasteiger partial charge in [-0.1, -0.05) is 12.1 Å². The maximum absolute atomic E-state index is 14.1. The van der Waals surface area contributed by atoms with Gasteiger partial charge in [-0.15, -0.1) is 0 Å². The van der Waals surface area contributed by atoms with Crippen molar-refractivity contribution in [2.45, 2.75) is 13.0 Å². The van der Waals surface area contributed by atoms with Gasteiger partial charge in [0.1, 0.15) is 17.4 Å². The van der Waals surface area contributed by atoms with Gasteiger partial charge in [-0.2, -0.15) is 0 Å². The minimum atomic E-state index is -0.694. The lowest BCUT2D eigenvalue weighted by Crippen LogP contribution is -2.30. The van der Waals surface area contributed by atoms with Gasteiger partial charge in [0.15, 0.2) is 0 Å². The number of nitrogens with one attached hydrogen (secondary N) is 1. The Labute approximate surface area is 116 Å². The molecule has 1 unspecified atom stereocenters. The summed E-state index contributed by atoms with van der Waals surface area (Å²) in [6.07, 6.45) is 0. The lowest BCUT2D eigenvalue weighted by Gasteiger charge is -2.20. The molecular formula is C15H16F2N2O. The van der Waals surface area contributed by atoms with Gasteiger partial charge in [-0.3, -0.25) is 5.84 Å². The molecule has 0 fully saturated rings. The van der Waals surface area contributed by atoms with Gasteiger partial charge in [0.05, 0.1) is 18.7 Å². The number of halogens is 2. The second-order valence-corrected chi connectivity index (χ2v) is 4.52. The summed E-state index contributed by atoms with van der Waals surface area (Å²) in [5, 5.41) is 0. The summed E-state index contributed by atoms with van der Waals surface area (Å²) in [6.45, 7) is 1.76. The summed E-state index contributed by atoms with van der Waals surface area (Å²) in [5.41, 5.74) is 4.04. The van der Waals surface area contributed by atoms with E-state index in [0.717, 1.165) is 5.56 Å². The Hall–Kier alpha value is -1.98. The third-order valence-corrected chi connectivity index (χ3v) is 3.09. The fourth-order valence-electron chi connectivity index (χ4n) is 2.25. The van der Waals surface area contributed by atoms with Crippen LogP contribution in [-0.4, -0.2) is 7.11 Å². The first-order chi connectivity index (χ1) is 9.56. The molecule has 20 heavy (non-hydrogen) atoms. The van der Waals surface area contributed by atoms with E-state index in [2.05, 4.69) is 5.43 Å². The molecule has 0 aliphatic heterocycles. The van der Waals surface area contributed by atoms with Crippen LogP contribution in [0.3, 0.4) is 0 Å². The quantitative estimate of drug-likeness (QED) is 0.668. The van der Waals surface area contributed by atoms with Crippen LogP contribution >= 0.6 is 0 Å². The summed E-state index contributed by atoms with van der Waals surface area (Å²) < 4.78 is 32.8. The molecule has 3 N–H and O–H groups in total. The van der Waals surface area contributed by atoms with Gasteiger partial charge in [0.25, 0.3) is 0 Å². The molecule has 3 nitrogen and oxygen atoms in total. The van der Waals surface area contributed by atoms with E-state index >= 15 is 0 Å². The van der Waals surface area contributed by atoms with Gasteiger partial charge in [-0.25, -0.2) is 14.2 Å². The Morgan fingerprint density at radius 1 is 1.20 bits per heavy atom. The number of aryl methyl sites for hydroxylation is 1. The summed E-state index contributed by atoms with van der Waals surface area (Å²) in [5.74, 6) is 5.03. The highest BCUT2D eigenvalue weighted by Gasteiger charge is 2.21. The van der Waals surface area contributed by atoms with Crippen molar-refractivity contribution >= 4 is 0 Å². The number of ether oxygens (including phenoxy) is 1. The number of nitrogens with two attached hydrogens (primary N) is 1. The van der Waals surface area contributed by atoms with Gasteiger partial charge in [0, 0.05) is 0 Å². The molecule has 2 aromatic rings. The zero-order valence-corrected chi connectivity index (χ0v) is 11.3. The topological polar surface area (TPSA) is 47.3 Å². The fraction of sp³-hybridized carbons (Fsp3) is 0.200. The highest BCUT2D eigenvalue weighted by atomic mass is 19.1. The van der Waals surface area contributed by atoms with Crippen LogP contribution in [0.4, 0.5) is 8.78 Å². The van der Waals surface area contributed by atoms with Gasteiger partial charge >= 0.3 is 0 Å². The second-order valence-electron chi connectivity index (χ2n) is 4.52. The number of hydrogen-bond acceptors (Lipinski definition) is 3. The van der Waals surface area contributed by atoms with Crippen molar-refractivity contribution in [2.24, 2.45) is 5.84 Å². The standard InChI is InChI=1S/C15H16F2N2O/c1-9-6-10(8-11(16)7-9)15(19-18)14-12(17)4-3-5-13(14)20-2/h3-8,15,19H,18H2,1-2H3. The van der Waals surface area contributed by atoms with E-state index in [9.17, 15) is 8.78 Å². The first-order valence-corrected chi connectivity index (χ1v) is 6.12. The first-order valence-electron chi connectivity index (χ1n) is 6.12. The van der Waals surface area contributed by atoms with Crippen molar-refractivity contribution in [1.29, 1.82) is 0 Å². The molecule has 2 aromatic carbocycles. The Bertz CT molecular complexity index is 597. The molecule has 2 rings (SSSR count). The molecule has 1 atom stereocenters. The predicted octanol–water partition coefficient (Wildman–Crippen LogP) is 2.83. The lowest BCUT2D eigenvalue weighted by atomic mass is 9.96. The van der Waals surface area contributed by atoms with Crippen LogP contribution in [0.25, 0.3) is 0 Å². The maximum atomic E-state index is 14.1. The van der Waals surface area contributed by atoms with Crippen LogP contribution in [0.1, 0.15) is 22.7 Å². The van der Waals surface area contributed by atoms with Crippen LogP contribution < -0.4 is 16.0 Å². The molecule has 0 aliphatic rings. The van der Waals surface area contributed by atoms with E-state index in [1.807, 2.05) is 0 Å². The van der Waals surface area contributed by atoms with Crippen molar-refractivity contribution in [3.63, 3.8) is 0 Å². The highest BCUT2D eigenvalue weighted by Crippen LogP contribution is 2.32. The molecule has 0 saturated carbocycles. The van der Waals surface area contributed by atoms with E-state index in [0.29, 0.717) is 11.3 Å². The van der Waals surface area contributed by atoms with E-state index in [4.69, 9.17) is 10.6 Å². The SMILES string of the molecule is COc1cccc(F)c1C(NN)c1cc(C)cc(F)c1. The molecule has 0 aromatic heterocycles. The Balaban J connectivity index is 2.58. The van der Waals surface area contributed by atoms with Crippen LogP contribution in [0.15, 0.2) is 36.4 Å². The van der Waals surface area contributed by atoms with Crippen LogP contribution in [0.5, 0.6) is 5.75 Å². The second kappa shape index (κ2) is 5.98. The lowest BCUT2D eigenvalue weighted by molar-refractivity contribution is 0.397. The summed E-state index contributed by atoms with van der Waals surface area (Å²) in [6, 6.07) is 8.27. The number of hydrazine groups is 1. The first kappa shape index (κ1) is 14.4. The van der Waals surface area contributed by atoms with Gasteiger partial charge < -0.3 is 4.74 Å². The normalized spacial score (nSPS) is 12.2. The number of methoxy groups -OCH3 is 1. The zero-order valence-electron chi connectivity index (χ0n) is 11.3. The summed E-state index contributed by atoms with van der Waals surface area (Å²) in [4.78, 5) is 0. The molecule has 0 bridgehead atoms. The zero-order chi connectivity index (χ0) is 14.7. The van der Waals surface area contributed by atoms with E-state index < -0.39 is 17.7 Å². The van der Waals surface area contributed by atoms with Crippen molar-refractivity contribution < 1.29 is 13.5 Å². The molecule has 0 spiro atoms. The molecule has 106 valence electrons. The highest BCUT2D eigenvalue weighted by molar-refractivity contribution is 5.43. The third kappa shape index (κ3) is 2.79. The predicted molar refractivity (Wildman–Crippen MR) is 73.3 cm³/mol. The molecular weight excluding hydrogens is 262 g/mol. The summed E-state index contributed by atoms with van der Waals surface area (Å²) >= 11 is 0. The smallest absolute Gasteiger partial charge is 0.132 e. The monoisotopic (exact) mass is 278 g/mol. The molecule has 0 saturated heterocycles. The Morgan fingerprint density at radius 2 is 1.95 bits per heavy atom. The average molecular weight is 278 g/mol. The van der Waals surface area contributed by atoms with E-state index in [1.165, 1.54) is 25.3 Å². The molecule has 0 aliphatic carbocycles. The van der Waals surface area contributed by atoms with Crippen molar-refractivity contribution in [1.82, 2.24) is 5.43 Å². The van der Waals surface area contributed by atoms with Crippen molar-refractivity contribution in [3.8, 4) is 5.75 Å². The Morgan fingerprint density at radius 3 is 2.55 bits per heavy atom. The molecule has 0 radical (unpaired) electrons. The molecule has 0 heterocycles. The Kier molecular flexibility index (Phi) is 4.32. The number of hydrogen-bond donors (Lipinski definition) is 2. The fourth-order valence-corrected chi connectivity index (χ4v) is 2.25. The van der Waals surface area contributed by atoms with Crippen molar-refractivity contribution in [2.75, 3.05) is 7.11 Å². The van der Waals surface area contributed by atoms with Crippen LogP contribution in [0, 0.1) is 18.6 Å². The van der Waals surface area contributed by atoms with Gasteiger partial charge in [0.2, 0.25) is 0 Å². The van der Waals surface area contributed by atoms with E-state index in [-0.39, 0.29) is 5.56 Å². The minimum Gasteiger partial charge on any atom is -0.496 e. The largest absolute Gasteiger partial charge is 0.496 e. The maximum Gasteiger partial charge on any atom is 0.132 e. The van der Waals surface area contributed by atoms with Crippen molar-refractivity contribution in [3.05, 3.63) is 64.7 Å². The van der Waals surface area contributed by atoms with Crippen LogP contribution in [0.2, 0.25) is 0 Å². The average Bonchev–Trinajstić information content (AvgIpc) is 2.40. The summed E-state index contributed by atoms with van der Waals surface area (Å²) in [7, 11) is 1.45. The van der Waals surface area contributed by atoms with E-state index in [1.54, 1.807) is 25.1 Å². The molecule has 0 amide bonds. The third-order valence-electron chi connectivity index (χ3n) is 3.09. The van der Waals surface area contributed by atoms with Gasteiger partial charge in [-0.05, 0) is 42.3 Å².